The van der Waals surface area contributed by atoms with E-state index in [0.717, 1.165) is 28.0 Å². The number of aliphatic imine (C=N–C) groups is 1. The van der Waals surface area contributed by atoms with Crippen LogP contribution in [0.2, 0.25) is 0 Å². The smallest absolute Gasteiger partial charge is 0.319 e. The Hall–Kier alpha value is -3.34. The van der Waals surface area contributed by atoms with Gasteiger partial charge in [0.1, 0.15) is 0 Å². The number of fused-ring (bicyclic) bond motifs is 1. The van der Waals surface area contributed by atoms with Crippen molar-refractivity contribution in [3.05, 3.63) is 78.1 Å². The number of benzene rings is 2. The standard InChI is InChI=1S/C25H28N4O/c1-16-13-14-26-23(21-15-17-7-5-6-8-20(17)28-21)22(16)29-24(30)27-19-11-9-18(10-12-19)25(2,3)4/h5-16,22,28H,1-4H3,(H2,27,29,30). The molecular weight excluding hydrogens is 372 g/mol. The Labute approximate surface area is 177 Å². The summed E-state index contributed by atoms with van der Waals surface area (Å²) in [5, 5.41) is 7.18. The van der Waals surface area contributed by atoms with Crippen molar-refractivity contribution in [3.63, 3.8) is 0 Å². The number of urea groups is 1. The SMILES string of the molecule is CC1C=CN=C(c2cc3ccccc3[nH]2)C1NC(=O)Nc1ccc(C(C)(C)C)cc1. The number of rotatable bonds is 3. The van der Waals surface area contributed by atoms with Gasteiger partial charge in [-0.2, -0.15) is 0 Å². The van der Waals surface area contributed by atoms with Crippen LogP contribution in [0.5, 0.6) is 0 Å². The molecule has 0 aliphatic carbocycles. The molecule has 1 aromatic heterocycles. The maximum Gasteiger partial charge on any atom is 0.319 e. The summed E-state index contributed by atoms with van der Waals surface area (Å²) in [6, 6.07) is 17.7. The van der Waals surface area contributed by atoms with Gasteiger partial charge in [0, 0.05) is 28.7 Å². The van der Waals surface area contributed by atoms with Crippen molar-refractivity contribution < 1.29 is 4.79 Å². The van der Waals surface area contributed by atoms with Crippen molar-refractivity contribution in [1.29, 1.82) is 0 Å². The molecule has 30 heavy (non-hydrogen) atoms. The van der Waals surface area contributed by atoms with Crippen LogP contribution < -0.4 is 10.6 Å². The minimum Gasteiger partial charge on any atom is -0.353 e. The highest BCUT2D eigenvalue weighted by molar-refractivity contribution is 6.09. The van der Waals surface area contributed by atoms with Crippen LogP contribution in [-0.2, 0) is 5.41 Å². The summed E-state index contributed by atoms with van der Waals surface area (Å²) in [5.41, 5.74) is 4.89. The number of nitrogens with one attached hydrogen (secondary N) is 3. The fraction of sp³-hybridized carbons (Fsp3) is 0.280. The first kappa shape index (κ1) is 20.0. The van der Waals surface area contributed by atoms with E-state index in [4.69, 9.17) is 0 Å². The zero-order valence-electron chi connectivity index (χ0n) is 17.9. The predicted octanol–water partition coefficient (Wildman–Crippen LogP) is 5.61. The van der Waals surface area contributed by atoms with E-state index >= 15 is 0 Å². The Balaban J connectivity index is 1.51. The van der Waals surface area contributed by atoms with Gasteiger partial charge in [-0.05, 0) is 35.2 Å². The molecular formula is C25H28N4O. The monoisotopic (exact) mass is 400 g/mol. The van der Waals surface area contributed by atoms with Gasteiger partial charge in [0.25, 0.3) is 0 Å². The number of aromatic nitrogens is 1. The molecule has 3 aromatic rings. The van der Waals surface area contributed by atoms with Gasteiger partial charge in [-0.15, -0.1) is 0 Å². The maximum atomic E-state index is 12.7. The average molecular weight is 401 g/mol. The van der Waals surface area contributed by atoms with E-state index in [-0.39, 0.29) is 23.4 Å². The van der Waals surface area contributed by atoms with E-state index in [9.17, 15) is 4.79 Å². The minimum absolute atomic E-state index is 0.0790. The molecule has 5 nitrogen and oxygen atoms in total. The second-order valence-electron chi connectivity index (χ2n) is 8.89. The Morgan fingerprint density at radius 3 is 2.50 bits per heavy atom. The number of anilines is 1. The number of para-hydroxylation sites is 1. The molecule has 3 N–H and O–H groups in total. The first-order valence-corrected chi connectivity index (χ1v) is 10.3. The molecule has 4 rings (SSSR count). The molecule has 154 valence electrons. The van der Waals surface area contributed by atoms with Crippen molar-refractivity contribution in [1.82, 2.24) is 10.3 Å². The normalized spacial score (nSPS) is 18.9. The van der Waals surface area contributed by atoms with Gasteiger partial charge in [0.15, 0.2) is 0 Å². The molecule has 2 amide bonds. The number of amides is 2. The van der Waals surface area contributed by atoms with Crippen molar-refractivity contribution in [3.8, 4) is 0 Å². The molecule has 0 fully saturated rings. The largest absolute Gasteiger partial charge is 0.353 e. The third-order valence-corrected chi connectivity index (χ3v) is 5.52. The lowest BCUT2D eigenvalue weighted by molar-refractivity contribution is 0.249. The average Bonchev–Trinajstić information content (AvgIpc) is 3.13. The molecule has 1 aliphatic rings. The molecule has 0 saturated carbocycles. The third-order valence-electron chi connectivity index (χ3n) is 5.52. The molecule has 0 radical (unpaired) electrons. The lowest BCUT2D eigenvalue weighted by Gasteiger charge is -2.26. The topological polar surface area (TPSA) is 69.3 Å². The highest BCUT2D eigenvalue weighted by Crippen LogP contribution is 2.24. The zero-order chi connectivity index (χ0) is 21.3. The molecule has 2 atom stereocenters. The van der Waals surface area contributed by atoms with E-state index in [0.29, 0.717) is 0 Å². The van der Waals surface area contributed by atoms with E-state index < -0.39 is 0 Å². The van der Waals surface area contributed by atoms with Gasteiger partial charge >= 0.3 is 6.03 Å². The molecule has 2 heterocycles. The Kier molecular flexibility index (Phi) is 5.20. The summed E-state index contributed by atoms with van der Waals surface area (Å²) in [7, 11) is 0. The lowest BCUT2D eigenvalue weighted by Crippen LogP contribution is -2.47. The van der Waals surface area contributed by atoms with E-state index in [1.165, 1.54) is 5.56 Å². The van der Waals surface area contributed by atoms with Gasteiger partial charge in [0.05, 0.1) is 17.4 Å². The van der Waals surface area contributed by atoms with E-state index in [1.54, 1.807) is 0 Å². The van der Waals surface area contributed by atoms with Crippen LogP contribution in [0.15, 0.2) is 71.9 Å². The second-order valence-corrected chi connectivity index (χ2v) is 8.89. The van der Waals surface area contributed by atoms with E-state index in [1.807, 2.05) is 42.6 Å². The summed E-state index contributed by atoms with van der Waals surface area (Å²) in [4.78, 5) is 20.8. The predicted molar refractivity (Wildman–Crippen MR) is 124 cm³/mol. The summed E-state index contributed by atoms with van der Waals surface area (Å²) in [6.07, 6.45) is 3.82. The number of hydrogen-bond acceptors (Lipinski definition) is 2. The molecule has 0 bridgehead atoms. The fourth-order valence-corrected chi connectivity index (χ4v) is 3.71. The first-order valence-electron chi connectivity index (χ1n) is 10.3. The number of H-pyrrole nitrogens is 1. The summed E-state index contributed by atoms with van der Waals surface area (Å²) in [5.74, 6) is 0.123. The Morgan fingerprint density at radius 2 is 1.80 bits per heavy atom. The van der Waals surface area contributed by atoms with Crippen LogP contribution in [0.3, 0.4) is 0 Å². The lowest BCUT2D eigenvalue weighted by atomic mass is 9.87. The van der Waals surface area contributed by atoms with Gasteiger partial charge in [-0.25, -0.2) is 4.79 Å². The molecule has 0 spiro atoms. The number of aromatic amines is 1. The molecule has 2 unspecified atom stereocenters. The third kappa shape index (κ3) is 4.15. The maximum absolute atomic E-state index is 12.7. The Morgan fingerprint density at radius 1 is 1.07 bits per heavy atom. The van der Waals surface area contributed by atoms with Crippen molar-refractivity contribution >= 4 is 28.3 Å². The Bertz CT molecular complexity index is 1080. The van der Waals surface area contributed by atoms with Crippen molar-refractivity contribution in [2.24, 2.45) is 10.9 Å². The molecule has 0 saturated heterocycles. The quantitative estimate of drug-likeness (QED) is 0.526. The van der Waals surface area contributed by atoms with Crippen LogP contribution in [0.4, 0.5) is 10.5 Å². The van der Waals surface area contributed by atoms with Crippen LogP contribution in [0.25, 0.3) is 10.9 Å². The number of carbonyl (C=O) groups excluding carboxylic acids is 1. The molecule has 1 aliphatic heterocycles. The summed E-state index contributed by atoms with van der Waals surface area (Å²) >= 11 is 0. The van der Waals surface area contributed by atoms with Crippen LogP contribution in [-0.4, -0.2) is 22.8 Å². The van der Waals surface area contributed by atoms with Crippen LogP contribution in [0.1, 0.15) is 39.0 Å². The second kappa shape index (κ2) is 7.82. The van der Waals surface area contributed by atoms with Crippen molar-refractivity contribution in [2.75, 3.05) is 5.32 Å². The molecule has 2 aromatic carbocycles. The minimum atomic E-state index is -0.241. The fourth-order valence-electron chi connectivity index (χ4n) is 3.71. The van der Waals surface area contributed by atoms with E-state index in [2.05, 4.69) is 72.6 Å². The number of hydrogen-bond donors (Lipinski definition) is 3. The first-order chi connectivity index (χ1) is 14.3. The molecule has 5 heteroatoms. The summed E-state index contributed by atoms with van der Waals surface area (Å²) in [6.45, 7) is 8.60. The highest BCUT2D eigenvalue weighted by Gasteiger charge is 2.27. The number of carbonyl (C=O) groups is 1. The van der Waals surface area contributed by atoms with Gasteiger partial charge in [-0.1, -0.05) is 64.1 Å². The number of nitrogens with zero attached hydrogens (tertiary/aromatic N) is 1. The highest BCUT2D eigenvalue weighted by atomic mass is 16.2. The van der Waals surface area contributed by atoms with Crippen molar-refractivity contribution in [2.45, 2.75) is 39.2 Å². The van der Waals surface area contributed by atoms with Gasteiger partial charge in [-0.3, -0.25) is 4.99 Å². The van der Waals surface area contributed by atoms with Crippen LogP contribution >= 0.6 is 0 Å². The summed E-state index contributed by atoms with van der Waals surface area (Å²) < 4.78 is 0. The van der Waals surface area contributed by atoms with Gasteiger partial charge < -0.3 is 15.6 Å². The van der Waals surface area contributed by atoms with Gasteiger partial charge in [0.2, 0.25) is 0 Å². The van der Waals surface area contributed by atoms with Crippen LogP contribution in [0, 0.1) is 5.92 Å². The zero-order valence-corrected chi connectivity index (χ0v) is 17.9.